The number of hydrogen-bond donors (Lipinski definition) is 0. The van der Waals surface area contributed by atoms with Gasteiger partial charge in [-0.1, -0.05) is 0 Å². The van der Waals surface area contributed by atoms with E-state index in [0.717, 1.165) is 12.1 Å². The Morgan fingerprint density at radius 2 is 1.77 bits per heavy atom. The molecule has 0 nitrogen and oxygen atoms in total. The van der Waals surface area contributed by atoms with Crippen LogP contribution in [0.4, 0.5) is 17.6 Å². The summed E-state index contributed by atoms with van der Waals surface area (Å²) in [5.74, 6) is -0.881. The summed E-state index contributed by atoms with van der Waals surface area (Å²) in [6.07, 6.45) is -4.35. The molecule has 13 heavy (non-hydrogen) atoms. The molecule has 0 fully saturated rings. The van der Waals surface area contributed by atoms with Crippen molar-refractivity contribution in [3.05, 3.63) is 42.1 Å². The lowest BCUT2D eigenvalue weighted by atomic mass is 10.1. The molecule has 1 aromatic carbocycles. The van der Waals surface area contributed by atoms with Gasteiger partial charge < -0.3 is 0 Å². The van der Waals surface area contributed by atoms with Crippen LogP contribution in [0.25, 0.3) is 0 Å². The number of benzene rings is 1. The average Bonchev–Trinajstić information content (AvgIpc) is 2.01. The van der Waals surface area contributed by atoms with Crippen molar-refractivity contribution in [3.8, 4) is 0 Å². The van der Waals surface area contributed by atoms with E-state index >= 15 is 0 Å². The first kappa shape index (κ1) is 10.0. The predicted octanol–water partition coefficient (Wildman–Crippen LogP) is 3.22. The molecule has 0 saturated heterocycles. The fourth-order valence-electron chi connectivity index (χ4n) is 0.958. The van der Waals surface area contributed by atoms with E-state index in [4.69, 9.17) is 0 Å². The Bertz CT molecular complexity index is 301. The highest BCUT2D eigenvalue weighted by molar-refractivity contribution is 5.27. The lowest BCUT2D eigenvalue weighted by molar-refractivity contribution is -0.137. The van der Waals surface area contributed by atoms with E-state index in [0.29, 0.717) is 6.07 Å². The number of rotatable bonds is 1. The third-order valence-electron chi connectivity index (χ3n) is 1.57. The van der Waals surface area contributed by atoms with E-state index in [2.05, 4.69) is 6.92 Å². The minimum absolute atomic E-state index is 0.140. The first-order valence-corrected chi connectivity index (χ1v) is 3.59. The van der Waals surface area contributed by atoms with Crippen molar-refractivity contribution < 1.29 is 17.6 Å². The number of hydrogen-bond acceptors (Lipinski definition) is 0. The Morgan fingerprint density at radius 3 is 2.23 bits per heavy atom. The van der Waals surface area contributed by atoms with E-state index in [1.54, 1.807) is 0 Å². The van der Waals surface area contributed by atoms with Gasteiger partial charge in [0.1, 0.15) is 5.82 Å². The van der Waals surface area contributed by atoms with Crippen LogP contribution in [-0.4, -0.2) is 0 Å². The largest absolute Gasteiger partial charge is 0.416 e. The van der Waals surface area contributed by atoms with E-state index < -0.39 is 17.6 Å². The second-order valence-electron chi connectivity index (χ2n) is 2.60. The lowest BCUT2D eigenvalue weighted by Crippen LogP contribution is -2.06. The van der Waals surface area contributed by atoms with E-state index in [9.17, 15) is 17.6 Å². The van der Waals surface area contributed by atoms with Gasteiger partial charge in [0.2, 0.25) is 0 Å². The van der Waals surface area contributed by atoms with E-state index in [1.165, 1.54) is 0 Å². The van der Waals surface area contributed by atoms with Crippen molar-refractivity contribution in [2.45, 2.75) is 12.6 Å². The first-order valence-electron chi connectivity index (χ1n) is 3.59. The Balaban J connectivity index is 3.16. The Labute approximate surface area is 73.2 Å². The van der Waals surface area contributed by atoms with Crippen LogP contribution in [0.1, 0.15) is 11.1 Å². The summed E-state index contributed by atoms with van der Waals surface area (Å²) >= 11 is 0. The van der Waals surface area contributed by atoms with Gasteiger partial charge in [0, 0.05) is 0 Å². The molecule has 0 atom stereocenters. The van der Waals surface area contributed by atoms with Gasteiger partial charge >= 0.3 is 6.18 Å². The zero-order valence-electron chi connectivity index (χ0n) is 6.66. The Morgan fingerprint density at radius 1 is 1.15 bits per heavy atom. The summed E-state index contributed by atoms with van der Waals surface area (Å²) in [4.78, 5) is 0. The van der Waals surface area contributed by atoms with Crippen LogP contribution in [-0.2, 0) is 12.6 Å². The van der Waals surface area contributed by atoms with Crippen molar-refractivity contribution in [1.29, 1.82) is 0 Å². The molecule has 0 bridgehead atoms. The number of halogens is 4. The third-order valence-corrected chi connectivity index (χ3v) is 1.57. The molecular weight excluding hydrogens is 184 g/mol. The van der Waals surface area contributed by atoms with Crippen molar-refractivity contribution in [2.75, 3.05) is 0 Å². The molecule has 0 spiro atoms. The molecule has 1 radical (unpaired) electrons. The monoisotopic (exact) mass is 191 g/mol. The van der Waals surface area contributed by atoms with Gasteiger partial charge in [0.15, 0.2) is 0 Å². The molecule has 4 heteroatoms. The van der Waals surface area contributed by atoms with Crippen molar-refractivity contribution in [3.63, 3.8) is 0 Å². The van der Waals surface area contributed by atoms with Gasteiger partial charge in [-0.15, -0.1) is 0 Å². The second kappa shape index (κ2) is 3.36. The molecule has 0 N–H and O–H groups in total. The fraction of sp³-hybridized carbons (Fsp3) is 0.222. The summed E-state index contributed by atoms with van der Waals surface area (Å²) in [5, 5.41) is 0. The SMILES string of the molecule is [CH2]Cc1cc(F)cc(C(F)(F)F)c1. The van der Waals surface area contributed by atoms with E-state index in [1.807, 2.05) is 0 Å². The van der Waals surface area contributed by atoms with Crippen molar-refractivity contribution in [2.24, 2.45) is 0 Å². The van der Waals surface area contributed by atoms with Crippen LogP contribution in [0, 0.1) is 12.7 Å². The molecule has 1 rings (SSSR count). The quantitative estimate of drug-likeness (QED) is 0.598. The number of alkyl halides is 3. The van der Waals surface area contributed by atoms with Crippen LogP contribution in [0.3, 0.4) is 0 Å². The van der Waals surface area contributed by atoms with Gasteiger partial charge in [-0.25, -0.2) is 4.39 Å². The highest BCUT2D eigenvalue weighted by Gasteiger charge is 2.31. The molecule has 0 aromatic heterocycles. The van der Waals surface area contributed by atoms with Crippen molar-refractivity contribution >= 4 is 0 Å². The van der Waals surface area contributed by atoms with E-state index in [-0.39, 0.29) is 12.0 Å². The normalized spacial score (nSPS) is 11.8. The summed E-state index contributed by atoms with van der Waals surface area (Å²) in [6.45, 7) is 3.39. The minimum atomic E-state index is -4.49. The highest BCUT2D eigenvalue weighted by Crippen LogP contribution is 2.30. The highest BCUT2D eigenvalue weighted by atomic mass is 19.4. The van der Waals surface area contributed by atoms with Crippen LogP contribution in [0.15, 0.2) is 18.2 Å². The molecule has 0 aliphatic rings. The van der Waals surface area contributed by atoms with Crippen LogP contribution in [0.2, 0.25) is 0 Å². The average molecular weight is 191 g/mol. The topological polar surface area (TPSA) is 0 Å². The van der Waals surface area contributed by atoms with Crippen LogP contribution >= 0.6 is 0 Å². The lowest BCUT2D eigenvalue weighted by Gasteiger charge is -2.07. The summed E-state index contributed by atoms with van der Waals surface area (Å²) in [7, 11) is 0. The third kappa shape index (κ3) is 2.44. The molecule has 0 amide bonds. The smallest absolute Gasteiger partial charge is 0.207 e. The summed E-state index contributed by atoms with van der Waals surface area (Å²) < 4.78 is 48.9. The van der Waals surface area contributed by atoms with Crippen LogP contribution in [0.5, 0.6) is 0 Å². The van der Waals surface area contributed by atoms with Gasteiger partial charge in [-0.05, 0) is 37.1 Å². The van der Waals surface area contributed by atoms with Gasteiger partial charge in [-0.2, -0.15) is 13.2 Å². The standard InChI is InChI=1S/C9H7F4/c1-2-6-3-7(9(11,12)13)5-8(10)4-6/h3-5H,1-2H2. The first-order chi connectivity index (χ1) is 5.93. The maximum absolute atomic E-state index is 12.6. The second-order valence-corrected chi connectivity index (χ2v) is 2.60. The zero-order valence-corrected chi connectivity index (χ0v) is 6.66. The van der Waals surface area contributed by atoms with Crippen molar-refractivity contribution in [1.82, 2.24) is 0 Å². The molecule has 1 aromatic rings. The predicted molar refractivity (Wildman–Crippen MR) is 40.5 cm³/mol. The summed E-state index contributed by atoms with van der Waals surface area (Å²) in [5.41, 5.74) is -0.724. The molecule has 0 aliphatic carbocycles. The Kier molecular flexibility index (Phi) is 2.59. The molecule has 0 unspecified atom stereocenters. The van der Waals surface area contributed by atoms with Gasteiger partial charge in [0.25, 0.3) is 0 Å². The summed E-state index contributed by atoms with van der Waals surface area (Å²) in [6, 6.07) is 2.41. The minimum Gasteiger partial charge on any atom is -0.207 e. The molecule has 0 aliphatic heterocycles. The van der Waals surface area contributed by atoms with Crippen LogP contribution < -0.4 is 0 Å². The molecule has 71 valence electrons. The Hall–Kier alpha value is -1.06. The molecule has 0 saturated carbocycles. The molecular formula is C9H7F4. The van der Waals surface area contributed by atoms with Gasteiger partial charge in [-0.3, -0.25) is 0 Å². The fourth-order valence-corrected chi connectivity index (χ4v) is 0.958. The van der Waals surface area contributed by atoms with Gasteiger partial charge in [0.05, 0.1) is 5.56 Å². The maximum Gasteiger partial charge on any atom is 0.416 e. The zero-order chi connectivity index (χ0) is 10.1. The maximum atomic E-state index is 12.6. The molecule has 0 heterocycles.